The number of thioether (sulfide) groups is 1. The van der Waals surface area contributed by atoms with Crippen LogP contribution in [0.1, 0.15) is 20.3 Å². The lowest BCUT2D eigenvalue weighted by Crippen LogP contribution is -1.91. The summed E-state index contributed by atoms with van der Waals surface area (Å²) in [6, 6.07) is 7.96. The molecule has 2 heterocycles. The van der Waals surface area contributed by atoms with Gasteiger partial charge < -0.3 is 0 Å². The first-order chi connectivity index (χ1) is 10.6. The van der Waals surface area contributed by atoms with Crippen LogP contribution in [0.4, 0.5) is 0 Å². The van der Waals surface area contributed by atoms with E-state index in [1.54, 1.807) is 17.7 Å². The predicted molar refractivity (Wildman–Crippen MR) is 98.0 cm³/mol. The molecular formula is C17H17ClN2S2. The molecule has 22 heavy (non-hydrogen) atoms. The molecule has 0 saturated carbocycles. The molecule has 1 aromatic carbocycles. The van der Waals surface area contributed by atoms with E-state index in [0.29, 0.717) is 5.92 Å². The second kappa shape index (κ2) is 6.99. The van der Waals surface area contributed by atoms with E-state index in [1.807, 2.05) is 23.9 Å². The van der Waals surface area contributed by atoms with Gasteiger partial charge in [0.05, 0.1) is 5.39 Å². The Morgan fingerprint density at radius 3 is 2.68 bits per heavy atom. The van der Waals surface area contributed by atoms with Gasteiger partial charge in [-0.15, -0.1) is 23.1 Å². The molecule has 0 amide bonds. The smallest absolute Gasteiger partial charge is 0.128 e. The minimum atomic E-state index is 0.711. The summed E-state index contributed by atoms with van der Waals surface area (Å²) in [7, 11) is 0. The van der Waals surface area contributed by atoms with Gasteiger partial charge in [0.15, 0.2) is 0 Å². The molecule has 5 heteroatoms. The highest BCUT2D eigenvalue weighted by Gasteiger charge is 2.13. The Balaban J connectivity index is 1.99. The van der Waals surface area contributed by atoms with Crippen LogP contribution in [-0.4, -0.2) is 15.7 Å². The number of benzene rings is 1. The Morgan fingerprint density at radius 1 is 1.18 bits per heavy atom. The zero-order valence-electron chi connectivity index (χ0n) is 12.5. The molecule has 0 aliphatic rings. The van der Waals surface area contributed by atoms with Crippen LogP contribution in [0, 0.1) is 5.92 Å². The maximum Gasteiger partial charge on any atom is 0.128 e. The van der Waals surface area contributed by atoms with Gasteiger partial charge in [-0.1, -0.05) is 37.6 Å². The first kappa shape index (κ1) is 15.8. The highest BCUT2D eigenvalue weighted by atomic mass is 35.5. The Bertz CT molecular complexity index is 766. The Labute approximate surface area is 144 Å². The molecule has 0 unspecified atom stereocenters. The van der Waals surface area contributed by atoms with Crippen molar-refractivity contribution in [2.24, 2.45) is 5.92 Å². The number of rotatable bonds is 5. The molecule has 0 aliphatic heterocycles. The molecule has 114 valence electrons. The van der Waals surface area contributed by atoms with E-state index in [2.05, 4.69) is 41.3 Å². The minimum absolute atomic E-state index is 0.711. The summed E-state index contributed by atoms with van der Waals surface area (Å²) in [5, 5.41) is 5.17. The number of nitrogens with zero attached hydrogens (tertiary/aromatic N) is 2. The molecule has 0 saturated heterocycles. The van der Waals surface area contributed by atoms with E-state index >= 15 is 0 Å². The van der Waals surface area contributed by atoms with E-state index < -0.39 is 0 Å². The number of aromatic nitrogens is 2. The van der Waals surface area contributed by atoms with Crippen molar-refractivity contribution in [1.82, 2.24) is 9.97 Å². The van der Waals surface area contributed by atoms with Crippen molar-refractivity contribution in [2.75, 3.05) is 5.75 Å². The molecule has 0 radical (unpaired) electrons. The number of hydrogen-bond acceptors (Lipinski definition) is 4. The summed E-state index contributed by atoms with van der Waals surface area (Å²) in [6.07, 6.45) is 2.86. The average Bonchev–Trinajstić information content (AvgIpc) is 2.93. The summed E-state index contributed by atoms with van der Waals surface area (Å²) >= 11 is 9.49. The van der Waals surface area contributed by atoms with E-state index in [-0.39, 0.29) is 0 Å². The van der Waals surface area contributed by atoms with Gasteiger partial charge in [-0.2, -0.15) is 0 Å². The molecule has 3 rings (SSSR count). The van der Waals surface area contributed by atoms with Crippen molar-refractivity contribution in [3.05, 3.63) is 41.0 Å². The maximum atomic E-state index is 5.99. The van der Waals surface area contributed by atoms with Gasteiger partial charge in [-0.05, 0) is 35.8 Å². The Hall–Kier alpha value is -1.10. The van der Waals surface area contributed by atoms with Gasteiger partial charge in [-0.3, -0.25) is 0 Å². The second-order valence-electron chi connectivity index (χ2n) is 5.55. The molecule has 2 aromatic heterocycles. The fourth-order valence-corrected chi connectivity index (χ4v) is 4.55. The van der Waals surface area contributed by atoms with Crippen LogP contribution < -0.4 is 0 Å². The molecule has 0 atom stereocenters. The third-order valence-corrected chi connectivity index (χ3v) is 5.59. The summed E-state index contributed by atoms with van der Waals surface area (Å²) in [5.74, 6) is 1.79. The van der Waals surface area contributed by atoms with Crippen LogP contribution in [-0.2, 0) is 0 Å². The average molecular weight is 349 g/mol. The fourth-order valence-electron chi connectivity index (χ4n) is 2.19. The maximum absolute atomic E-state index is 5.99. The van der Waals surface area contributed by atoms with Gasteiger partial charge in [-0.25, -0.2) is 9.97 Å². The SMILES string of the molecule is CC(C)CCSc1ncnc2scc(-c3ccc(Cl)cc3)c12. The number of halogens is 1. The fraction of sp³-hybridized carbons (Fsp3) is 0.294. The Morgan fingerprint density at radius 2 is 1.95 bits per heavy atom. The zero-order valence-corrected chi connectivity index (χ0v) is 14.9. The standard InChI is InChI=1S/C17H17ClN2S2/c1-11(2)7-8-21-16-15-14(9-22-17(15)20-10-19-16)12-3-5-13(18)6-4-12/h3-6,9-11H,7-8H2,1-2H3. The van der Waals surface area contributed by atoms with Crippen molar-refractivity contribution in [2.45, 2.75) is 25.3 Å². The van der Waals surface area contributed by atoms with Gasteiger partial charge in [0.1, 0.15) is 16.2 Å². The van der Waals surface area contributed by atoms with Crippen molar-refractivity contribution in [3.8, 4) is 11.1 Å². The van der Waals surface area contributed by atoms with Crippen LogP contribution in [0.5, 0.6) is 0 Å². The third-order valence-electron chi connectivity index (χ3n) is 3.42. The highest BCUT2D eigenvalue weighted by Crippen LogP contribution is 2.38. The van der Waals surface area contributed by atoms with Crippen molar-refractivity contribution >= 4 is 44.9 Å². The van der Waals surface area contributed by atoms with Crippen LogP contribution in [0.25, 0.3) is 21.3 Å². The predicted octanol–water partition coefficient (Wildman–Crippen LogP) is 6.15. The first-order valence-electron chi connectivity index (χ1n) is 7.26. The minimum Gasteiger partial charge on any atom is -0.229 e. The molecule has 0 N–H and O–H groups in total. The van der Waals surface area contributed by atoms with Gasteiger partial charge in [0, 0.05) is 16.0 Å². The van der Waals surface area contributed by atoms with E-state index in [1.165, 1.54) is 17.4 Å². The van der Waals surface area contributed by atoms with Gasteiger partial charge >= 0.3 is 0 Å². The molecule has 0 fully saturated rings. The van der Waals surface area contributed by atoms with Crippen molar-refractivity contribution in [1.29, 1.82) is 0 Å². The molecule has 2 nitrogen and oxygen atoms in total. The van der Waals surface area contributed by atoms with Gasteiger partial charge in [0.2, 0.25) is 0 Å². The van der Waals surface area contributed by atoms with Crippen LogP contribution in [0.15, 0.2) is 41.0 Å². The third kappa shape index (κ3) is 3.45. The zero-order chi connectivity index (χ0) is 15.5. The summed E-state index contributed by atoms with van der Waals surface area (Å²) in [6.45, 7) is 4.50. The summed E-state index contributed by atoms with van der Waals surface area (Å²) in [4.78, 5) is 9.98. The lowest BCUT2D eigenvalue weighted by atomic mass is 10.1. The largest absolute Gasteiger partial charge is 0.229 e. The molecule has 3 aromatic rings. The second-order valence-corrected chi connectivity index (χ2v) is 7.92. The van der Waals surface area contributed by atoms with E-state index in [9.17, 15) is 0 Å². The van der Waals surface area contributed by atoms with E-state index in [0.717, 1.165) is 26.2 Å². The topological polar surface area (TPSA) is 25.8 Å². The number of fused-ring (bicyclic) bond motifs is 1. The summed E-state index contributed by atoms with van der Waals surface area (Å²) in [5.41, 5.74) is 2.36. The van der Waals surface area contributed by atoms with Crippen molar-refractivity contribution in [3.63, 3.8) is 0 Å². The molecular weight excluding hydrogens is 332 g/mol. The molecule has 0 aliphatic carbocycles. The molecule has 0 spiro atoms. The Kier molecular flexibility index (Phi) is 5.01. The summed E-state index contributed by atoms with van der Waals surface area (Å²) < 4.78 is 0. The van der Waals surface area contributed by atoms with Crippen LogP contribution in [0.3, 0.4) is 0 Å². The van der Waals surface area contributed by atoms with Crippen LogP contribution >= 0.6 is 34.7 Å². The lowest BCUT2D eigenvalue weighted by molar-refractivity contribution is 0.632. The highest BCUT2D eigenvalue weighted by molar-refractivity contribution is 7.99. The lowest BCUT2D eigenvalue weighted by Gasteiger charge is -2.07. The first-order valence-corrected chi connectivity index (χ1v) is 9.50. The quantitative estimate of drug-likeness (QED) is 0.408. The monoisotopic (exact) mass is 348 g/mol. The van der Waals surface area contributed by atoms with Crippen LogP contribution in [0.2, 0.25) is 5.02 Å². The van der Waals surface area contributed by atoms with Gasteiger partial charge in [0.25, 0.3) is 0 Å². The number of hydrogen-bond donors (Lipinski definition) is 0. The normalized spacial score (nSPS) is 11.5. The van der Waals surface area contributed by atoms with Crippen molar-refractivity contribution < 1.29 is 0 Å². The molecule has 0 bridgehead atoms. The number of thiophene rings is 1. The van der Waals surface area contributed by atoms with E-state index in [4.69, 9.17) is 11.6 Å².